The number of nitrogens with zero attached hydrogens (tertiary/aromatic N) is 2. The Balaban J connectivity index is 2.39. The molecule has 140 valence electrons. The molecule has 1 amide bonds. The highest BCUT2D eigenvalue weighted by Gasteiger charge is 2.11. The van der Waals surface area contributed by atoms with Crippen molar-refractivity contribution in [3.8, 4) is 0 Å². The first-order chi connectivity index (χ1) is 11.8. The lowest BCUT2D eigenvalue weighted by molar-refractivity contribution is -0.128. The molecule has 0 aliphatic heterocycles. The predicted molar refractivity (Wildman–Crippen MR) is 105 cm³/mol. The molecule has 0 bridgehead atoms. The van der Waals surface area contributed by atoms with Crippen molar-refractivity contribution in [1.29, 1.82) is 0 Å². The Morgan fingerprint density at radius 2 is 2.04 bits per heavy atom. The van der Waals surface area contributed by atoms with Gasteiger partial charge in [0.05, 0.1) is 6.61 Å². The van der Waals surface area contributed by atoms with Gasteiger partial charge in [-0.05, 0) is 51.6 Å². The maximum absolute atomic E-state index is 11.8. The van der Waals surface area contributed by atoms with E-state index in [1.807, 2.05) is 31.0 Å². The predicted octanol–water partition coefficient (Wildman–Crippen LogP) is 2.86. The highest BCUT2D eigenvalue weighted by molar-refractivity contribution is 5.73. The van der Waals surface area contributed by atoms with Crippen LogP contribution in [0, 0.1) is 6.92 Å². The molecule has 5 heteroatoms. The van der Waals surface area contributed by atoms with E-state index < -0.39 is 0 Å². The molecule has 0 saturated carbocycles. The van der Waals surface area contributed by atoms with Gasteiger partial charge in [0.25, 0.3) is 0 Å². The van der Waals surface area contributed by atoms with Gasteiger partial charge in [-0.15, -0.1) is 0 Å². The van der Waals surface area contributed by atoms with E-state index in [1.54, 1.807) is 6.92 Å². The van der Waals surface area contributed by atoms with Crippen LogP contribution in [0.3, 0.4) is 0 Å². The summed E-state index contributed by atoms with van der Waals surface area (Å²) in [7, 11) is 1.99. The smallest absolute Gasteiger partial charge is 0.219 e. The lowest BCUT2D eigenvalue weighted by Crippen LogP contribution is -2.36. The third-order valence-electron chi connectivity index (χ3n) is 4.42. The van der Waals surface area contributed by atoms with Gasteiger partial charge in [0.1, 0.15) is 0 Å². The van der Waals surface area contributed by atoms with Crippen molar-refractivity contribution >= 4 is 11.6 Å². The van der Waals surface area contributed by atoms with Gasteiger partial charge in [0, 0.05) is 43.9 Å². The van der Waals surface area contributed by atoms with Crippen LogP contribution < -0.4 is 5.32 Å². The van der Waals surface area contributed by atoms with Crippen molar-refractivity contribution in [2.75, 3.05) is 38.6 Å². The fraction of sp³-hybridized carbons (Fsp3) is 0.550. The number of amides is 1. The molecule has 2 N–H and O–H groups in total. The molecule has 0 aromatic heterocycles. The van der Waals surface area contributed by atoms with Gasteiger partial charge >= 0.3 is 0 Å². The van der Waals surface area contributed by atoms with Crippen LogP contribution in [0.4, 0.5) is 5.69 Å². The van der Waals surface area contributed by atoms with Gasteiger partial charge in [0.2, 0.25) is 5.91 Å². The van der Waals surface area contributed by atoms with Gasteiger partial charge in [-0.1, -0.05) is 18.7 Å². The van der Waals surface area contributed by atoms with Crippen molar-refractivity contribution in [2.24, 2.45) is 0 Å². The minimum Gasteiger partial charge on any atom is -0.395 e. The lowest BCUT2D eigenvalue weighted by Gasteiger charge is -2.26. The number of benzene rings is 1. The minimum atomic E-state index is 0.0845. The van der Waals surface area contributed by atoms with Crippen LogP contribution in [0.15, 0.2) is 36.5 Å². The molecule has 1 aromatic carbocycles. The number of anilines is 1. The molecule has 5 nitrogen and oxygen atoms in total. The molecule has 0 fully saturated rings. The zero-order chi connectivity index (χ0) is 18.8. The lowest BCUT2D eigenvalue weighted by atomic mass is 10.2. The standard InChI is InChI=1S/C20H33N3O2/c1-16-8-6-9-20(14-16)21-17(2)10-13-23(19(4)25)12-7-11-22(5)18(3)15-24/h6,8-9,14,18,21,24H,2,7,10-13,15H2,1,3-5H3/t18-/m0/s1. The molecular weight excluding hydrogens is 314 g/mol. The second-order valence-corrected chi connectivity index (χ2v) is 6.72. The van der Waals surface area contributed by atoms with Crippen molar-refractivity contribution in [2.45, 2.75) is 39.7 Å². The Hall–Kier alpha value is -1.85. The molecule has 0 spiro atoms. The number of aryl methyl sites for hydroxylation is 1. The van der Waals surface area contributed by atoms with Crippen LogP contribution in [0.25, 0.3) is 0 Å². The number of rotatable bonds is 11. The number of nitrogens with one attached hydrogen (secondary N) is 1. The zero-order valence-corrected chi connectivity index (χ0v) is 16.1. The summed E-state index contributed by atoms with van der Waals surface area (Å²) in [6.07, 6.45) is 1.61. The molecule has 0 unspecified atom stereocenters. The summed E-state index contributed by atoms with van der Waals surface area (Å²) >= 11 is 0. The Morgan fingerprint density at radius 1 is 1.32 bits per heavy atom. The van der Waals surface area contributed by atoms with E-state index in [-0.39, 0.29) is 18.6 Å². The molecule has 0 saturated heterocycles. The maximum atomic E-state index is 11.8. The van der Waals surface area contributed by atoms with Gasteiger partial charge in [0.15, 0.2) is 0 Å². The average molecular weight is 348 g/mol. The molecule has 1 atom stereocenters. The summed E-state index contributed by atoms with van der Waals surface area (Å²) in [5, 5.41) is 12.5. The Labute approximate surface area is 152 Å². The number of likely N-dealkylation sites (N-methyl/N-ethyl adjacent to an activating group) is 1. The molecule has 25 heavy (non-hydrogen) atoms. The second kappa shape index (κ2) is 10.9. The number of carbonyl (C=O) groups is 1. The van der Waals surface area contributed by atoms with Crippen LogP contribution >= 0.6 is 0 Å². The molecule has 1 aromatic rings. The summed E-state index contributed by atoms with van der Waals surface area (Å²) < 4.78 is 0. The summed E-state index contributed by atoms with van der Waals surface area (Å²) in [6, 6.07) is 8.30. The molecule has 1 rings (SSSR count). The van der Waals surface area contributed by atoms with Crippen molar-refractivity contribution in [3.63, 3.8) is 0 Å². The summed E-state index contributed by atoms with van der Waals surface area (Å²) in [5.41, 5.74) is 3.13. The number of carbonyl (C=O) groups excluding carboxylic acids is 1. The third-order valence-corrected chi connectivity index (χ3v) is 4.42. The van der Waals surface area contributed by atoms with Gasteiger partial charge in [-0.3, -0.25) is 4.79 Å². The van der Waals surface area contributed by atoms with E-state index in [0.717, 1.165) is 37.3 Å². The van der Waals surface area contributed by atoms with E-state index in [1.165, 1.54) is 5.56 Å². The number of hydrogen-bond donors (Lipinski definition) is 2. The Kier molecular flexibility index (Phi) is 9.24. The van der Waals surface area contributed by atoms with Gasteiger partial charge in [-0.25, -0.2) is 0 Å². The highest BCUT2D eigenvalue weighted by atomic mass is 16.3. The van der Waals surface area contributed by atoms with Crippen LogP contribution in [-0.2, 0) is 4.79 Å². The molecular formula is C20H33N3O2. The number of hydrogen-bond acceptors (Lipinski definition) is 4. The fourth-order valence-corrected chi connectivity index (χ4v) is 2.56. The minimum absolute atomic E-state index is 0.0845. The highest BCUT2D eigenvalue weighted by Crippen LogP contribution is 2.13. The fourth-order valence-electron chi connectivity index (χ4n) is 2.56. The Bertz CT molecular complexity index is 560. The van der Waals surface area contributed by atoms with E-state index in [2.05, 4.69) is 35.9 Å². The van der Waals surface area contributed by atoms with Gasteiger partial charge < -0.3 is 20.2 Å². The first-order valence-corrected chi connectivity index (χ1v) is 8.91. The maximum Gasteiger partial charge on any atom is 0.219 e. The first kappa shape index (κ1) is 21.2. The van der Waals surface area contributed by atoms with E-state index >= 15 is 0 Å². The zero-order valence-electron chi connectivity index (χ0n) is 16.1. The van der Waals surface area contributed by atoms with E-state index in [9.17, 15) is 4.79 Å². The average Bonchev–Trinajstić information content (AvgIpc) is 2.56. The largest absolute Gasteiger partial charge is 0.395 e. The quantitative estimate of drug-likeness (QED) is 0.646. The summed E-state index contributed by atoms with van der Waals surface area (Å²) in [5.74, 6) is 0.0845. The third kappa shape index (κ3) is 8.18. The normalized spacial score (nSPS) is 12.1. The molecule has 0 heterocycles. The Morgan fingerprint density at radius 3 is 2.64 bits per heavy atom. The summed E-state index contributed by atoms with van der Waals surface area (Å²) in [6.45, 7) is 12.1. The topological polar surface area (TPSA) is 55.8 Å². The second-order valence-electron chi connectivity index (χ2n) is 6.72. The van der Waals surface area contributed by atoms with Crippen LogP contribution in [0.2, 0.25) is 0 Å². The van der Waals surface area contributed by atoms with Crippen LogP contribution in [0.5, 0.6) is 0 Å². The monoisotopic (exact) mass is 347 g/mol. The van der Waals surface area contributed by atoms with Crippen molar-refractivity contribution < 1.29 is 9.90 Å². The first-order valence-electron chi connectivity index (χ1n) is 8.91. The van der Waals surface area contributed by atoms with E-state index in [4.69, 9.17) is 5.11 Å². The SMILES string of the molecule is C=C(CCN(CCCN(C)[C@@H](C)CO)C(C)=O)Nc1cccc(C)c1. The van der Waals surface area contributed by atoms with E-state index in [0.29, 0.717) is 6.54 Å². The number of aliphatic hydroxyl groups excluding tert-OH is 1. The van der Waals surface area contributed by atoms with Crippen LogP contribution in [-0.4, -0.2) is 60.1 Å². The van der Waals surface area contributed by atoms with Crippen LogP contribution in [0.1, 0.15) is 32.3 Å². The molecule has 0 aliphatic carbocycles. The molecule has 0 radical (unpaired) electrons. The van der Waals surface area contributed by atoms with Crippen molar-refractivity contribution in [3.05, 3.63) is 42.1 Å². The van der Waals surface area contributed by atoms with Crippen molar-refractivity contribution in [1.82, 2.24) is 9.80 Å². The number of aliphatic hydroxyl groups is 1. The summed E-state index contributed by atoms with van der Waals surface area (Å²) in [4.78, 5) is 15.8. The van der Waals surface area contributed by atoms with Gasteiger partial charge in [-0.2, -0.15) is 0 Å². The molecule has 0 aliphatic rings.